The summed E-state index contributed by atoms with van der Waals surface area (Å²) in [5.74, 6) is 1.52. The minimum Gasteiger partial charge on any atom is -0.382 e. The normalized spacial score (nSPS) is 12.6. The van der Waals surface area contributed by atoms with Crippen LogP contribution < -0.4 is 10.6 Å². The lowest BCUT2D eigenvalue weighted by Gasteiger charge is -2.18. The van der Waals surface area contributed by atoms with Crippen molar-refractivity contribution in [2.45, 2.75) is 26.8 Å². The summed E-state index contributed by atoms with van der Waals surface area (Å²) in [5, 5.41) is 6.45. The second kappa shape index (κ2) is 4.84. The fraction of sp³-hybridized carbons (Fsp3) is 0.545. The van der Waals surface area contributed by atoms with Gasteiger partial charge in [0.25, 0.3) is 0 Å². The summed E-state index contributed by atoms with van der Waals surface area (Å²) in [6, 6.07) is 4.47. The van der Waals surface area contributed by atoms with Crippen molar-refractivity contribution in [3.05, 3.63) is 18.3 Å². The van der Waals surface area contributed by atoms with Crippen molar-refractivity contribution >= 4 is 11.5 Å². The maximum Gasteiger partial charge on any atom is 0.127 e. The summed E-state index contributed by atoms with van der Waals surface area (Å²) in [7, 11) is 1.87. The lowest BCUT2D eigenvalue weighted by atomic mass is 10.1. The monoisotopic (exact) mass is 193 g/mol. The molecule has 0 bridgehead atoms. The molecule has 3 nitrogen and oxygen atoms in total. The van der Waals surface area contributed by atoms with Gasteiger partial charge < -0.3 is 10.6 Å². The Balaban J connectivity index is 2.66. The van der Waals surface area contributed by atoms with E-state index in [-0.39, 0.29) is 0 Å². The van der Waals surface area contributed by atoms with Crippen molar-refractivity contribution < 1.29 is 0 Å². The lowest BCUT2D eigenvalue weighted by molar-refractivity contribution is 0.560. The van der Waals surface area contributed by atoms with Crippen LogP contribution in [0.1, 0.15) is 20.8 Å². The quantitative estimate of drug-likeness (QED) is 0.771. The van der Waals surface area contributed by atoms with Crippen LogP contribution in [0, 0.1) is 5.92 Å². The predicted octanol–water partition coefficient (Wildman–Crippen LogP) is 2.58. The molecule has 0 aliphatic carbocycles. The van der Waals surface area contributed by atoms with E-state index in [1.54, 1.807) is 6.20 Å². The molecule has 0 aliphatic heterocycles. The first-order valence-corrected chi connectivity index (χ1v) is 5.04. The molecule has 1 heterocycles. The van der Waals surface area contributed by atoms with Crippen molar-refractivity contribution in [3.8, 4) is 0 Å². The Bertz CT molecular complexity index is 284. The van der Waals surface area contributed by atoms with Gasteiger partial charge in [-0.15, -0.1) is 0 Å². The first-order valence-electron chi connectivity index (χ1n) is 5.04. The number of nitrogens with one attached hydrogen (secondary N) is 2. The summed E-state index contributed by atoms with van der Waals surface area (Å²) in [6.07, 6.45) is 1.81. The zero-order valence-corrected chi connectivity index (χ0v) is 9.33. The van der Waals surface area contributed by atoms with Gasteiger partial charge in [-0.25, -0.2) is 4.98 Å². The summed E-state index contributed by atoms with van der Waals surface area (Å²) in [4.78, 5) is 4.16. The van der Waals surface area contributed by atoms with Gasteiger partial charge in [-0.05, 0) is 18.9 Å². The zero-order chi connectivity index (χ0) is 10.6. The van der Waals surface area contributed by atoms with Crippen LogP contribution in [-0.4, -0.2) is 18.1 Å². The van der Waals surface area contributed by atoms with Crippen LogP contribution >= 0.6 is 0 Å². The summed E-state index contributed by atoms with van der Waals surface area (Å²) in [6.45, 7) is 6.60. The molecular weight excluding hydrogens is 174 g/mol. The molecule has 1 rings (SSSR count). The molecule has 3 heteroatoms. The van der Waals surface area contributed by atoms with Crippen LogP contribution in [0.5, 0.6) is 0 Å². The van der Waals surface area contributed by atoms with Gasteiger partial charge >= 0.3 is 0 Å². The van der Waals surface area contributed by atoms with Crippen molar-refractivity contribution in [3.63, 3.8) is 0 Å². The maximum absolute atomic E-state index is 4.16. The van der Waals surface area contributed by atoms with E-state index < -0.39 is 0 Å². The third kappa shape index (κ3) is 2.91. The lowest BCUT2D eigenvalue weighted by Crippen LogP contribution is -2.21. The molecule has 0 radical (unpaired) electrons. The van der Waals surface area contributed by atoms with Crippen LogP contribution in [0.2, 0.25) is 0 Å². The molecule has 2 N–H and O–H groups in total. The van der Waals surface area contributed by atoms with Crippen LogP contribution in [0.4, 0.5) is 11.5 Å². The largest absolute Gasteiger partial charge is 0.382 e. The molecule has 1 aromatic rings. The molecular formula is C11H19N3. The van der Waals surface area contributed by atoms with Gasteiger partial charge in [-0.2, -0.15) is 0 Å². The number of nitrogens with zero attached hydrogens (tertiary/aromatic N) is 1. The highest BCUT2D eigenvalue weighted by molar-refractivity contribution is 5.51. The highest BCUT2D eigenvalue weighted by atomic mass is 15.0. The molecule has 0 aliphatic rings. The van der Waals surface area contributed by atoms with E-state index in [9.17, 15) is 0 Å². The van der Waals surface area contributed by atoms with E-state index in [0.29, 0.717) is 12.0 Å². The Morgan fingerprint density at radius 1 is 1.29 bits per heavy atom. The standard InChI is InChI=1S/C11H19N3/c1-8(2)9(3)14-10-5-6-13-11(7-10)12-4/h5-9H,1-4H3,(H2,12,13,14). The highest BCUT2D eigenvalue weighted by Gasteiger charge is 2.06. The second-order valence-electron chi connectivity index (χ2n) is 3.86. The third-order valence-electron chi connectivity index (χ3n) is 2.41. The number of hydrogen-bond acceptors (Lipinski definition) is 3. The first-order chi connectivity index (χ1) is 6.63. The maximum atomic E-state index is 4.16. The van der Waals surface area contributed by atoms with E-state index in [1.165, 1.54) is 0 Å². The zero-order valence-electron chi connectivity index (χ0n) is 9.33. The molecule has 14 heavy (non-hydrogen) atoms. The van der Waals surface area contributed by atoms with Gasteiger partial charge in [0.1, 0.15) is 5.82 Å². The number of anilines is 2. The smallest absolute Gasteiger partial charge is 0.127 e. The molecule has 1 atom stereocenters. The third-order valence-corrected chi connectivity index (χ3v) is 2.41. The molecule has 0 saturated heterocycles. The molecule has 1 unspecified atom stereocenters. The predicted molar refractivity (Wildman–Crippen MR) is 61.7 cm³/mol. The molecule has 1 aromatic heterocycles. The Hall–Kier alpha value is -1.25. The van der Waals surface area contributed by atoms with Gasteiger partial charge in [0.15, 0.2) is 0 Å². The van der Waals surface area contributed by atoms with E-state index in [0.717, 1.165) is 11.5 Å². The van der Waals surface area contributed by atoms with E-state index in [2.05, 4.69) is 36.4 Å². The highest BCUT2D eigenvalue weighted by Crippen LogP contribution is 2.14. The van der Waals surface area contributed by atoms with Crippen LogP contribution in [0.15, 0.2) is 18.3 Å². The SMILES string of the molecule is CNc1cc(NC(C)C(C)C)ccn1. The Kier molecular flexibility index (Phi) is 3.74. The Labute approximate surface area is 85.9 Å². The fourth-order valence-electron chi connectivity index (χ4n) is 1.09. The number of rotatable bonds is 4. The summed E-state index contributed by atoms with van der Waals surface area (Å²) in [5.41, 5.74) is 1.12. The minimum atomic E-state index is 0.474. The van der Waals surface area contributed by atoms with Crippen molar-refractivity contribution in [1.82, 2.24) is 4.98 Å². The number of hydrogen-bond donors (Lipinski definition) is 2. The molecule has 0 amide bonds. The first kappa shape index (κ1) is 10.8. The van der Waals surface area contributed by atoms with Gasteiger partial charge in [0.2, 0.25) is 0 Å². The topological polar surface area (TPSA) is 37.0 Å². The minimum absolute atomic E-state index is 0.474. The number of pyridine rings is 1. The Morgan fingerprint density at radius 2 is 2.00 bits per heavy atom. The van der Waals surface area contributed by atoms with Crippen molar-refractivity contribution in [2.75, 3.05) is 17.7 Å². The Morgan fingerprint density at radius 3 is 2.57 bits per heavy atom. The fourth-order valence-corrected chi connectivity index (χ4v) is 1.09. The van der Waals surface area contributed by atoms with Crippen molar-refractivity contribution in [1.29, 1.82) is 0 Å². The summed E-state index contributed by atoms with van der Waals surface area (Å²) >= 11 is 0. The van der Waals surface area contributed by atoms with Gasteiger partial charge in [0.05, 0.1) is 0 Å². The average molecular weight is 193 g/mol. The molecule has 0 fully saturated rings. The van der Waals surface area contributed by atoms with Crippen LogP contribution in [-0.2, 0) is 0 Å². The number of aromatic nitrogens is 1. The van der Waals surface area contributed by atoms with Crippen LogP contribution in [0.25, 0.3) is 0 Å². The van der Waals surface area contributed by atoms with Crippen LogP contribution in [0.3, 0.4) is 0 Å². The van der Waals surface area contributed by atoms with Gasteiger partial charge in [0, 0.05) is 31.0 Å². The van der Waals surface area contributed by atoms with Crippen molar-refractivity contribution in [2.24, 2.45) is 5.92 Å². The molecule has 0 spiro atoms. The van der Waals surface area contributed by atoms with Gasteiger partial charge in [-0.3, -0.25) is 0 Å². The second-order valence-corrected chi connectivity index (χ2v) is 3.86. The van der Waals surface area contributed by atoms with E-state index in [4.69, 9.17) is 0 Å². The molecule has 0 saturated carbocycles. The molecule has 78 valence electrons. The van der Waals surface area contributed by atoms with E-state index in [1.807, 2.05) is 19.2 Å². The average Bonchev–Trinajstić information content (AvgIpc) is 2.18. The molecule has 0 aromatic carbocycles. The summed E-state index contributed by atoms with van der Waals surface area (Å²) < 4.78 is 0. The van der Waals surface area contributed by atoms with E-state index >= 15 is 0 Å². The van der Waals surface area contributed by atoms with Gasteiger partial charge in [-0.1, -0.05) is 13.8 Å².